The zero-order valence-corrected chi connectivity index (χ0v) is 13.0. The topological polar surface area (TPSA) is 58.6 Å². The maximum atomic E-state index is 12.0. The molecule has 2 N–H and O–H groups in total. The lowest BCUT2D eigenvalue weighted by Crippen LogP contribution is -2.30. The van der Waals surface area contributed by atoms with E-state index in [1.165, 1.54) is 5.56 Å². The number of aromatic hydroxyl groups is 1. The first-order valence-electron chi connectivity index (χ1n) is 7.99. The van der Waals surface area contributed by atoms with E-state index in [-0.39, 0.29) is 11.7 Å². The lowest BCUT2D eigenvalue weighted by molar-refractivity contribution is -0.121. The third kappa shape index (κ3) is 4.03. The van der Waals surface area contributed by atoms with Crippen molar-refractivity contribution in [3.63, 3.8) is 0 Å². The third-order valence-electron chi connectivity index (χ3n) is 4.21. The molecule has 0 aliphatic carbocycles. The number of hydrogen-bond donors (Lipinski definition) is 2. The maximum Gasteiger partial charge on any atom is 0.220 e. The average Bonchev–Trinajstić information content (AvgIpc) is 2.59. The molecule has 0 saturated heterocycles. The normalized spacial score (nSPS) is 16.3. The van der Waals surface area contributed by atoms with E-state index in [1.54, 1.807) is 12.1 Å². The summed E-state index contributed by atoms with van der Waals surface area (Å²) in [6.07, 6.45) is 2.06. The van der Waals surface area contributed by atoms with Gasteiger partial charge in [0.05, 0.1) is 6.61 Å². The summed E-state index contributed by atoms with van der Waals surface area (Å²) in [4.78, 5) is 12.0. The number of carbonyl (C=O) groups excluding carboxylic acids is 1. The van der Waals surface area contributed by atoms with E-state index in [0.29, 0.717) is 31.9 Å². The highest BCUT2D eigenvalue weighted by Gasteiger charge is 2.21. The average molecular weight is 311 g/mol. The molecule has 1 unspecified atom stereocenters. The molecular weight excluding hydrogens is 290 g/mol. The van der Waals surface area contributed by atoms with Gasteiger partial charge in [-0.3, -0.25) is 4.79 Å². The van der Waals surface area contributed by atoms with Crippen molar-refractivity contribution >= 4 is 5.91 Å². The van der Waals surface area contributed by atoms with Crippen molar-refractivity contribution in [2.75, 3.05) is 13.2 Å². The van der Waals surface area contributed by atoms with Crippen LogP contribution in [0.25, 0.3) is 0 Å². The van der Waals surface area contributed by atoms with Crippen molar-refractivity contribution in [2.24, 2.45) is 0 Å². The van der Waals surface area contributed by atoms with Crippen LogP contribution >= 0.6 is 0 Å². The van der Waals surface area contributed by atoms with E-state index in [0.717, 1.165) is 17.7 Å². The van der Waals surface area contributed by atoms with Gasteiger partial charge in [0.2, 0.25) is 5.91 Å². The van der Waals surface area contributed by atoms with Gasteiger partial charge in [-0.2, -0.15) is 0 Å². The SMILES string of the molecule is O=C(CCc1ccc(O)cc1)NCC1CCOc2ccccc21. The Balaban J connectivity index is 1.49. The Morgan fingerprint density at radius 1 is 1.17 bits per heavy atom. The van der Waals surface area contributed by atoms with Gasteiger partial charge in [0, 0.05) is 18.9 Å². The fourth-order valence-electron chi connectivity index (χ4n) is 2.87. The zero-order valence-electron chi connectivity index (χ0n) is 13.0. The Morgan fingerprint density at radius 3 is 2.78 bits per heavy atom. The molecule has 2 aromatic rings. The summed E-state index contributed by atoms with van der Waals surface area (Å²) in [5.41, 5.74) is 2.23. The lowest BCUT2D eigenvalue weighted by Gasteiger charge is -2.26. The molecule has 1 amide bonds. The van der Waals surface area contributed by atoms with Crippen LogP contribution in [0.2, 0.25) is 0 Å². The van der Waals surface area contributed by atoms with Crippen LogP contribution in [0.15, 0.2) is 48.5 Å². The molecule has 1 atom stereocenters. The predicted molar refractivity (Wildman–Crippen MR) is 88.7 cm³/mol. The number of rotatable bonds is 5. The molecule has 1 heterocycles. The number of fused-ring (bicyclic) bond motifs is 1. The second-order valence-electron chi connectivity index (χ2n) is 5.84. The first kappa shape index (κ1) is 15.4. The number of phenolic OH excluding ortho intramolecular Hbond substituents is 1. The lowest BCUT2D eigenvalue weighted by atomic mass is 9.93. The standard InChI is InChI=1S/C19H21NO3/c21-16-8-5-14(6-9-16)7-10-19(22)20-13-15-11-12-23-18-4-2-1-3-17(15)18/h1-6,8-9,15,21H,7,10-13H2,(H,20,22). The molecule has 0 aromatic heterocycles. The molecule has 4 heteroatoms. The van der Waals surface area contributed by atoms with Gasteiger partial charge in [-0.1, -0.05) is 30.3 Å². The summed E-state index contributed by atoms with van der Waals surface area (Å²) in [5, 5.41) is 12.3. The third-order valence-corrected chi connectivity index (χ3v) is 4.21. The molecule has 23 heavy (non-hydrogen) atoms. The van der Waals surface area contributed by atoms with E-state index in [1.807, 2.05) is 30.3 Å². The summed E-state index contributed by atoms with van der Waals surface area (Å²) >= 11 is 0. The van der Waals surface area contributed by atoms with Gasteiger partial charge in [-0.25, -0.2) is 0 Å². The first-order valence-corrected chi connectivity index (χ1v) is 7.99. The number of benzene rings is 2. The predicted octanol–water partition coefficient (Wildman–Crippen LogP) is 3.01. The molecule has 0 saturated carbocycles. The fraction of sp³-hybridized carbons (Fsp3) is 0.316. The van der Waals surface area contributed by atoms with E-state index in [2.05, 4.69) is 11.4 Å². The minimum atomic E-state index is 0.0575. The van der Waals surface area contributed by atoms with Crippen LogP contribution in [0, 0.1) is 0 Å². The zero-order chi connectivity index (χ0) is 16.1. The highest BCUT2D eigenvalue weighted by molar-refractivity contribution is 5.76. The smallest absolute Gasteiger partial charge is 0.220 e. The maximum absolute atomic E-state index is 12.0. The Morgan fingerprint density at radius 2 is 1.96 bits per heavy atom. The molecule has 0 spiro atoms. The van der Waals surface area contributed by atoms with Crippen LogP contribution in [-0.2, 0) is 11.2 Å². The Labute approximate surface area is 136 Å². The van der Waals surface area contributed by atoms with E-state index >= 15 is 0 Å². The van der Waals surface area contributed by atoms with Crippen LogP contribution in [-0.4, -0.2) is 24.2 Å². The van der Waals surface area contributed by atoms with Crippen molar-refractivity contribution in [3.05, 3.63) is 59.7 Å². The van der Waals surface area contributed by atoms with Gasteiger partial charge in [0.1, 0.15) is 11.5 Å². The summed E-state index contributed by atoms with van der Waals surface area (Å²) in [6.45, 7) is 1.35. The van der Waals surface area contributed by atoms with Crippen LogP contribution < -0.4 is 10.1 Å². The second-order valence-corrected chi connectivity index (χ2v) is 5.84. The fourth-order valence-corrected chi connectivity index (χ4v) is 2.87. The molecule has 2 aromatic carbocycles. The van der Waals surface area contributed by atoms with E-state index in [9.17, 15) is 9.90 Å². The monoisotopic (exact) mass is 311 g/mol. The van der Waals surface area contributed by atoms with Crippen LogP contribution in [0.5, 0.6) is 11.5 Å². The van der Waals surface area contributed by atoms with Gasteiger partial charge in [-0.05, 0) is 42.2 Å². The van der Waals surface area contributed by atoms with Crippen molar-refractivity contribution in [1.29, 1.82) is 0 Å². The molecule has 120 valence electrons. The Bertz CT molecular complexity index is 667. The number of phenols is 1. The number of ether oxygens (including phenoxy) is 1. The number of para-hydroxylation sites is 1. The summed E-state index contributed by atoms with van der Waals surface area (Å²) in [5.74, 6) is 1.55. The summed E-state index contributed by atoms with van der Waals surface area (Å²) in [7, 11) is 0. The highest BCUT2D eigenvalue weighted by Crippen LogP contribution is 2.32. The van der Waals surface area contributed by atoms with E-state index in [4.69, 9.17) is 4.74 Å². The van der Waals surface area contributed by atoms with Gasteiger partial charge < -0.3 is 15.2 Å². The minimum Gasteiger partial charge on any atom is -0.508 e. The molecule has 1 aliphatic rings. The first-order chi connectivity index (χ1) is 11.2. The second kappa shape index (κ2) is 7.18. The van der Waals surface area contributed by atoms with Crippen molar-refractivity contribution in [1.82, 2.24) is 5.32 Å². The molecule has 0 radical (unpaired) electrons. The van der Waals surface area contributed by atoms with Crippen LogP contribution in [0.3, 0.4) is 0 Å². The molecule has 3 rings (SSSR count). The quantitative estimate of drug-likeness (QED) is 0.892. The number of carbonyl (C=O) groups is 1. The number of aryl methyl sites for hydroxylation is 1. The minimum absolute atomic E-state index is 0.0575. The molecule has 4 nitrogen and oxygen atoms in total. The molecule has 0 fully saturated rings. The Kier molecular flexibility index (Phi) is 4.81. The summed E-state index contributed by atoms with van der Waals surface area (Å²) < 4.78 is 5.64. The van der Waals surface area contributed by atoms with Crippen LogP contribution in [0.4, 0.5) is 0 Å². The highest BCUT2D eigenvalue weighted by atomic mass is 16.5. The summed E-state index contributed by atoms with van der Waals surface area (Å²) in [6, 6.07) is 15.0. The molecular formula is C19H21NO3. The largest absolute Gasteiger partial charge is 0.508 e. The van der Waals surface area contributed by atoms with Crippen LogP contribution in [0.1, 0.15) is 29.9 Å². The Hall–Kier alpha value is -2.49. The van der Waals surface area contributed by atoms with Gasteiger partial charge in [0.25, 0.3) is 0 Å². The molecule has 0 bridgehead atoms. The van der Waals surface area contributed by atoms with Gasteiger partial charge >= 0.3 is 0 Å². The van der Waals surface area contributed by atoms with Crippen molar-refractivity contribution in [3.8, 4) is 11.5 Å². The van der Waals surface area contributed by atoms with Gasteiger partial charge in [-0.15, -0.1) is 0 Å². The van der Waals surface area contributed by atoms with Gasteiger partial charge in [0.15, 0.2) is 0 Å². The van der Waals surface area contributed by atoms with Crippen molar-refractivity contribution in [2.45, 2.75) is 25.2 Å². The van der Waals surface area contributed by atoms with E-state index < -0.39 is 0 Å². The molecule has 1 aliphatic heterocycles. The van der Waals surface area contributed by atoms with Crippen molar-refractivity contribution < 1.29 is 14.6 Å². The number of hydrogen-bond acceptors (Lipinski definition) is 3. The number of nitrogens with one attached hydrogen (secondary N) is 1. The number of amides is 1.